The SMILES string of the molecule is Cc1cccc(OC(C)C(=O)Nc2ccc(Cl)cc2N)c1. The molecule has 0 aliphatic heterocycles. The molecular weight excluding hydrogens is 288 g/mol. The summed E-state index contributed by atoms with van der Waals surface area (Å²) in [6, 6.07) is 12.4. The topological polar surface area (TPSA) is 64.3 Å². The number of aryl methyl sites for hydroxylation is 1. The smallest absolute Gasteiger partial charge is 0.265 e. The highest BCUT2D eigenvalue weighted by Crippen LogP contribution is 2.23. The third kappa shape index (κ3) is 4.13. The molecular formula is C16H17ClN2O2. The summed E-state index contributed by atoms with van der Waals surface area (Å²) < 4.78 is 5.61. The van der Waals surface area contributed by atoms with Crippen molar-refractivity contribution in [2.24, 2.45) is 0 Å². The van der Waals surface area contributed by atoms with Gasteiger partial charge in [0.25, 0.3) is 5.91 Å². The molecule has 0 heterocycles. The fourth-order valence-electron chi connectivity index (χ4n) is 1.83. The Balaban J connectivity index is 2.02. The second-order valence-corrected chi connectivity index (χ2v) is 5.23. The van der Waals surface area contributed by atoms with Crippen LogP contribution >= 0.6 is 11.6 Å². The predicted molar refractivity (Wildman–Crippen MR) is 85.8 cm³/mol. The van der Waals surface area contributed by atoms with Gasteiger partial charge in [-0.15, -0.1) is 0 Å². The largest absolute Gasteiger partial charge is 0.481 e. The average molecular weight is 305 g/mol. The molecule has 0 spiro atoms. The van der Waals surface area contributed by atoms with E-state index in [1.165, 1.54) is 0 Å². The number of halogens is 1. The third-order valence-electron chi connectivity index (χ3n) is 2.94. The second-order valence-electron chi connectivity index (χ2n) is 4.80. The first kappa shape index (κ1) is 15.2. The van der Waals surface area contributed by atoms with Crippen LogP contribution in [-0.4, -0.2) is 12.0 Å². The Morgan fingerprint density at radius 3 is 2.71 bits per heavy atom. The minimum absolute atomic E-state index is 0.273. The van der Waals surface area contributed by atoms with Crippen LogP contribution in [0.1, 0.15) is 12.5 Å². The van der Waals surface area contributed by atoms with Crippen LogP contribution < -0.4 is 15.8 Å². The Morgan fingerprint density at radius 2 is 2.05 bits per heavy atom. The number of carbonyl (C=O) groups is 1. The van der Waals surface area contributed by atoms with E-state index in [0.29, 0.717) is 22.1 Å². The molecule has 21 heavy (non-hydrogen) atoms. The first-order valence-electron chi connectivity index (χ1n) is 6.55. The summed E-state index contributed by atoms with van der Waals surface area (Å²) in [6.45, 7) is 3.65. The number of ether oxygens (including phenoxy) is 1. The van der Waals surface area contributed by atoms with Gasteiger partial charge in [0.1, 0.15) is 5.75 Å². The van der Waals surface area contributed by atoms with E-state index >= 15 is 0 Å². The minimum atomic E-state index is -0.637. The van der Waals surface area contributed by atoms with Crippen LogP contribution in [0.4, 0.5) is 11.4 Å². The highest BCUT2D eigenvalue weighted by atomic mass is 35.5. The van der Waals surface area contributed by atoms with Gasteiger partial charge in [0, 0.05) is 5.02 Å². The third-order valence-corrected chi connectivity index (χ3v) is 3.18. The molecule has 3 N–H and O–H groups in total. The fraction of sp³-hybridized carbons (Fsp3) is 0.188. The summed E-state index contributed by atoms with van der Waals surface area (Å²) in [4.78, 5) is 12.1. The Morgan fingerprint density at radius 1 is 1.29 bits per heavy atom. The first-order valence-corrected chi connectivity index (χ1v) is 6.92. The molecule has 2 rings (SSSR count). The Hall–Kier alpha value is -2.20. The van der Waals surface area contributed by atoms with Crippen LogP contribution in [0, 0.1) is 6.92 Å². The molecule has 0 aromatic heterocycles. The zero-order valence-electron chi connectivity index (χ0n) is 11.9. The van der Waals surface area contributed by atoms with E-state index in [0.717, 1.165) is 5.56 Å². The number of nitrogens with one attached hydrogen (secondary N) is 1. The van der Waals surface area contributed by atoms with Crippen LogP contribution in [0.15, 0.2) is 42.5 Å². The van der Waals surface area contributed by atoms with E-state index in [1.54, 1.807) is 25.1 Å². The van der Waals surface area contributed by atoms with Gasteiger partial charge in [-0.05, 0) is 49.7 Å². The number of amides is 1. The lowest BCUT2D eigenvalue weighted by Crippen LogP contribution is -2.30. The Kier molecular flexibility index (Phi) is 4.70. The highest BCUT2D eigenvalue weighted by molar-refractivity contribution is 6.31. The summed E-state index contributed by atoms with van der Waals surface area (Å²) >= 11 is 5.82. The number of nitrogen functional groups attached to an aromatic ring is 1. The number of rotatable bonds is 4. The molecule has 0 radical (unpaired) electrons. The van der Waals surface area contributed by atoms with Crippen LogP contribution in [0.25, 0.3) is 0 Å². The quantitative estimate of drug-likeness (QED) is 0.848. The van der Waals surface area contributed by atoms with Crippen LogP contribution in [0.3, 0.4) is 0 Å². The molecule has 2 aromatic carbocycles. The normalized spacial score (nSPS) is 11.8. The molecule has 4 nitrogen and oxygen atoms in total. The second kappa shape index (κ2) is 6.50. The molecule has 0 aliphatic rings. The van der Waals surface area contributed by atoms with Crippen molar-refractivity contribution in [3.63, 3.8) is 0 Å². The summed E-state index contributed by atoms with van der Waals surface area (Å²) in [5.41, 5.74) is 7.81. The molecule has 2 aromatic rings. The van der Waals surface area contributed by atoms with Crippen molar-refractivity contribution in [2.45, 2.75) is 20.0 Å². The Labute approximate surface area is 128 Å². The van der Waals surface area contributed by atoms with Crippen LogP contribution in [0.5, 0.6) is 5.75 Å². The Bertz CT molecular complexity index is 658. The number of carbonyl (C=O) groups excluding carboxylic acids is 1. The van der Waals surface area contributed by atoms with E-state index < -0.39 is 6.10 Å². The van der Waals surface area contributed by atoms with Gasteiger partial charge in [-0.25, -0.2) is 0 Å². The summed E-state index contributed by atoms with van der Waals surface area (Å²) in [5, 5.41) is 3.25. The summed E-state index contributed by atoms with van der Waals surface area (Å²) in [6.07, 6.45) is -0.637. The minimum Gasteiger partial charge on any atom is -0.481 e. The molecule has 0 aliphatic carbocycles. The van der Waals surface area contributed by atoms with Gasteiger partial charge in [-0.3, -0.25) is 4.79 Å². The van der Waals surface area contributed by atoms with Gasteiger partial charge < -0.3 is 15.8 Å². The molecule has 0 fully saturated rings. The van der Waals surface area contributed by atoms with Crippen molar-refractivity contribution < 1.29 is 9.53 Å². The van der Waals surface area contributed by atoms with Gasteiger partial charge in [-0.2, -0.15) is 0 Å². The maximum atomic E-state index is 12.1. The van der Waals surface area contributed by atoms with Crippen molar-refractivity contribution >= 4 is 28.9 Å². The zero-order chi connectivity index (χ0) is 15.4. The zero-order valence-corrected chi connectivity index (χ0v) is 12.6. The fourth-order valence-corrected chi connectivity index (χ4v) is 2.01. The van der Waals surface area contributed by atoms with Crippen molar-refractivity contribution in [1.29, 1.82) is 0 Å². The molecule has 1 unspecified atom stereocenters. The summed E-state index contributed by atoms with van der Waals surface area (Å²) in [5.74, 6) is 0.382. The number of benzene rings is 2. The van der Waals surface area contributed by atoms with E-state index in [2.05, 4.69) is 5.32 Å². The molecule has 0 bridgehead atoms. The van der Waals surface area contributed by atoms with Crippen molar-refractivity contribution in [3.8, 4) is 5.75 Å². The predicted octanol–water partition coefficient (Wildman–Crippen LogP) is 3.64. The van der Waals surface area contributed by atoms with Crippen molar-refractivity contribution in [1.82, 2.24) is 0 Å². The molecule has 0 saturated carbocycles. The first-order chi connectivity index (χ1) is 9.95. The van der Waals surface area contributed by atoms with E-state index in [-0.39, 0.29) is 5.91 Å². The maximum Gasteiger partial charge on any atom is 0.265 e. The lowest BCUT2D eigenvalue weighted by atomic mass is 10.2. The molecule has 5 heteroatoms. The average Bonchev–Trinajstić information content (AvgIpc) is 2.41. The molecule has 0 saturated heterocycles. The van der Waals surface area contributed by atoms with Gasteiger partial charge in [0.05, 0.1) is 11.4 Å². The summed E-state index contributed by atoms with van der Waals surface area (Å²) in [7, 11) is 0. The lowest BCUT2D eigenvalue weighted by Gasteiger charge is -2.16. The van der Waals surface area contributed by atoms with Gasteiger partial charge in [0.15, 0.2) is 6.10 Å². The number of hydrogen-bond donors (Lipinski definition) is 2. The monoisotopic (exact) mass is 304 g/mol. The lowest BCUT2D eigenvalue weighted by molar-refractivity contribution is -0.122. The van der Waals surface area contributed by atoms with E-state index in [1.807, 2.05) is 31.2 Å². The van der Waals surface area contributed by atoms with Gasteiger partial charge >= 0.3 is 0 Å². The van der Waals surface area contributed by atoms with Crippen molar-refractivity contribution in [3.05, 3.63) is 53.1 Å². The van der Waals surface area contributed by atoms with E-state index in [4.69, 9.17) is 22.1 Å². The molecule has 1 amide bonds. The molecule has 110 valence electrons. The highest BCUT2D eigenvalue weighted by Gasteiger charge is 2.16. The maximum absolute atomic E-state index is 12.1. The van der Waals surface area contributed by atoms with Gasteiger partial charge in [0.2, 0.25) is 0 Å². The standard InChI is InChI=1S/C16H17ClN2O2/c1-10-4-3-5-13(8-10)21-11(2)16(20)19-15-7-6-12(17)9-14(15)18/h3-9,11H,18H2,1-2H3,(H,19,20). The van der Waals surface area contributed by atoms with Gasteiger partial charge in [-0.1, -0.05) is 23.7 Å². The van der Waals surface area contributed by atoms with Crippen molar-refractivity contribution in [2.75, 3.05) is 11.1 Å². The van der Waals surface area contributed by atoms with Crippen LogP contribution in [-0.2, 0) is 4.79 Å². The number of anilines is 2. The molecule has 1 atom stereocenters. The van der Waals surface area contributed by atoms with Crippen LogP contribution in [0.2, 0.25) is 5.02 Å². The van der Waals surface area contributed by atoms with E-state index in [9.17, 15) is 4.79 Å². The number of nitrogens with two attached hydrogens (primary N) is 1. The number of hydrogen-bond acceptors (Lipinski definition) is 3.